The number of hydrogen-bond donors (Lipinski definition) is 1. The second-order valence-corrected chi connectivity index (χ2v) is 6.23. The molecule has 0 aliphatic heterocycles. The van der Waals surface area contributed by atoms with Crippen molar-refractivity contribution in [1.82, 2.24) is 10.1 Å². The summed E-state index contributed by atoms with van der Waals surface area (Å²) < 4.78 is 11.2. The lowest BCUT2D eigenvalue weighted by Crippen LogP contribution is -2.05. The van der Waals surface area contributed by atoms with Crippen LogP contribution in [0.3, 0.4) is 0 Å². The van der Waals surface area contributed by atoms with Crippen molar-refractivity contribution in [1.29, 1.82) is 0 Å². The summed E-state index contributed by atoms with van der Waals surface area (Å²) in [6, 6.07) is 7.23. The zero-order chi connectivity index (χ0) is 18.0. The number of hydrogen-bond acceptors (Lipinski definition) is 5. The first-order chi connectivity index (χ1) is 11.9. The van der Waals surface area contributed by atoms with Gasteiger partial charge in [0.2, 0.25) is 0 Å². The van der Waals surface area contributed by atoms with E-state index >= 15 is 0 Å². The second kappa shape index (κ2) is 7.11. The molecular formula is C18H17ClN2O4. The molecule has 0 amide bonds. The molecule has 25 heavy (non-hydrogen) atoms. The molecule has 0 fully saturated rings. The number of aliphatic carboxylic acids is 1. The molecule has 0 saturated heterocycles. The van der Waals surface area contributed by atoms with Crippen molar-refractivity contribution in [2.75, 3.05) is 0 Å². The number of pyridine rings is 1. The van der Waals surface area contributed by atoms with Crippen LogP contribution in [0.25, 0.3) is 11.0 Å². The number of carboxylic acid groups (broad SMARTS) is 1. The summed E-state index contributed by atoms with van der Waals surface area (Å²) >= 11 is 6.32. The van der Waals surface area contributed by atoms with Crippen LogP contribution < -0.4 is 4.74 Å². The van der Waals surface area contributed by atoms with Gasteiger partial charge in [0.15, 0.2) is 5.58 Å². The zero-order valence-corrected chi connectivity index (χ0v) is 14.6. The Labute approximate surface area is 149 Å². The zero-order valence-electron chi connectivity index (χ0n) is 13.8. The summed E-state index contributed by atoms with van der Waals surface area (Å²) in [7, 11) is 0. The molecule has 130 valence electrons. The van der Waals surface area contributed by atoms with Gasteiger partial charge in [0.05, 0.1) is 22.8 Å². The number of fused-ring (bicyclic) bond motifs is 1. The summed E-state index contributed by atoms with van der Waals surface area (Å²) in [6.07, 6.45) is 1.76. The Morgan fingerprint density at radius 1 is 1.40 bits per heavy atom. The lowest BCUT2D eigenvalue weighted by Gasteiger charge is -2.15. The molecule has 7 heteroatoms. The lowest BCUT2D eigenvalue weighted by molar-refractivity contribution is -0.136. The molecule has 3 aromatic rings. The molecule has 1 N–H and O–H groups in total. The highest BCUT2D eigenvalue weighted by Crippen LogP contribution is 2.34. The molecule has 0 aliphatic rings. The molecule has 0 unspecified atom stereocenters. The van der Waals surface area contributed by atoms with E-state index in [0.29, 0.717) is 27.4 Å². The Hall–Kier alpha value is -2.60. The Bertz CT molecular complexity index is 905. The van der Waals surface area contributed by atoms with Gasteiger partial charge in [0, 0.05) is 24.1 Å². The van der Waals surface area contributed by atoms with E-state index in [1.165, 1.54) is 0 Å². The maximum absolute atomic E-state index is 10.7. The fourth-order valence-electron chi connectivity index (χ4n) is 2.46. The van der Waals surface area contributed by atoms with E-state index < -0.39 is 5.97 Å². The normalized spacial score (nSPS) is 12.3. The quantitative estimate of drug-likeness (QED) is 0.703. The minimum absolute atomic E-state index is 0.0202. The Balaban J connectivity index is 1.83. The number of nitrogens with zero attached hydrogens (tertiary/aromatic N) is 2. The molecular weight excluding hydrogens is 344 g/mol. The third-order valence-electron chi connectivity index (χ3n) is 3.83. The maximum atomic E-state index is 10.7. The van der Waals surface area contributed by atoms with Crippen LogP contribution >= 0.6 is 11.6 Å². The minimum Gasteiger partial charge on any atom is -0.483 e. The van der Waals surface area contributed by atoms with Crippen LogP contribution in [0.5, 0.6) is 5.75 Å². The third kappa shape index (κ3) is 3.91. The van der Waals surface area contributed by atoms with Gasteiger partial charge in [-0.1, -0.05) is 22.8 Å². The Morgan fingerprint density at radius 3 is 2.88 bits per heavy atom. The number of carboxylic acids is 1. The fraction of sp³-hybridized carbons (Fsp3) is 0.278. The van der Waals surface area contributed by atoms with Crippen LogP contribution in [0.4, 0.5) is 0 Å². The Kier molecular flexibility index (Phi) is 4.90. The monoisotopic (exact) mass is 360 g/mol. The SMILES string of the molecule is Cc1ccc([C@@H](C)Oc2cc3onc(CCC(=O)O)c3cc2Cl)nc1. The number of ether oxygens (including phenoxy) is 1. The van der Waals surface area contributed by atoms with Gasteiger partial charge in [-0.15, -0.1) is 0 Å². The van der Waals surface area contributed by atoms with Crippen LogP contribution in [0.15, 0.2) is 35.0 Å². The molecule has 2 aromatic heterocycles. The van der Waals surface area contributed by atoms with Crippen molar-refractivity contribution in [3.05, 3.63) is 52.4 Å². The summed E-state index contributed by atoms with van der Waals surface area (Å²) in [5, 5.41) is 13.8. The van der Waals surface area contributed by atoms with Crippen molar-refractivity contribution in [2.24, 2.45) is 0 Å². The molecule has 0 spiro atoms. The summed E-state index contributed by atoms with van der Waals surface area (Å²) in [6.45, 7) is 3.86. The molecule has 0 saturated carbocycles. The summed E-state index contributed by atoms with van der Waals surface area (Å²) in [5.74, 6) is -0.424. The van der Waals surface area contributed by atoms with E-state index in [2.05, 4.69) is 10.1 Å². The molecule has 6 nitrogen and oxygen atoms in total. The van der Waals surface area contributed by atoms with E-state index in [1.54, 1.807) is 18.3 Å². The van der Waals surface area contributed by atoms with Gasteiger partial charge >= 0.3 is 5.97 Å². The van der Waals surface area contributed by atoms with Gasteiger partial charge in [0.25, 0.3) is 0 Å². The summed E-state index contributed by atoms with van der Waals surface area (Å²) in [4.78, 5) is 15.1. The lowest BCUT2D eigenvalue weighted by atomic mass is 10.1. The van der Waals surface area contributed by atoms with Crippen LogP contribution in [-0.2, 0) is 11.2 Å². The molecule has 0 radical (unpaired) electrons. The maximum Gasteiger partial charge on any atom is 0.303 e. The van der Waals surface area contributed by atoms with Crippen molar-refractivity contribution in [3.8, 4) is 5.75 Å². The average molecular weight is 361 g/mol. The van der Waals surface area contributed by atoms with Crippen LogP contribution in [-0.4, -0.2) is 21.2 Å². The van der Waals surface area contributed by atoms with E-state index in [1.807, 2.05) is 26.0 Å². The van der Waals surface area contributed by atoms with Gasteiger partial charge in [0.1, 0.15) is 11.9 Å². The Morgan fingerprint density at radius 2 is 2.20 bits per heavy atom. The predicted molar refractivity (Wildman–Crippen MR) is 93.0 cm³/mol. The van der Waals surface area contributed by atoms with Crippen molar-refractivity contribution in [2.45, 2.75) is 32.8 Å². The van der Waals surface area contributed by atoms with Gasteiger partial charge in [-0.25, -0.2) is 0 Å². The van der Waals surface area contributed by atoms with E-state index in [4.69, 9.17) is 26.0 Å². The molecule has 2 heterocycles. The molecule has 1 aromatic carbocycles. The number of aryl methyl sites for hydroxylation is 2. The van der Waals surface area contributed by atoms with Crippen molar-refractivity contribution >= 4 is 28.5 Å². The van der Waals surface area contributed by atoms with Crippen molar-refractivity contribution in [3.63, 3.8) is 0 Å². The van der Waals surface area contributed by atoms with Crippen LogP contribution in [0.1, 0.15) is 36.4 Å². The molecule has 1 atom stereocenters. The largest absolute Gasteiger partial charge is 0.483 e. The number of carbonyl (C=O) groups is 1. The first-order valence-corrected chi connectivity index (χ1v) is 8.20. The molecule has 0 bridgehead atoms. The highest BCUT2D eigenvalue weighted by Gasteiger charge is 2.16. The van der Waals surface area contributed by atoms with Gasteiger partial charge < -0.3 is 14.4 Å². The standard InChI is InChI=1S/C18H17ClN2O4/c1-10-3-4-14(20-9-10)11(2)24-17-8-16-12(7-13(17)19)15(21-25-16)5-6-18(22)23/h3-4,7-9,11H,5-6H2,1-2H3,(H,22,23)/t11-/m1/s1. The highest BCUT2D eigenvalue weighted by molar-refractivity contribution is 6.32. The van der Waals surface area contributed by atoms with Crippen molar-refractivity contribution < 1.29 is 19.2 Å². The average Bonchev–Trinajstić information content (AvgIpc) is 2.95. The van der Waals surface area contributed by atoms with Gasteiger partial charge in [-0.3, -0.25) is 9.78 Å². The van der Waals surface area contributed by atoms with Crippen LogP contribution in [0.2, 0.25) is 5.02 Å². The number of rotatable bonds is 6. The summed E-state index contributed by atoms with van der Waals surface area (Å²) in [5.41, 5.74) is 2.94. The van der Waals surface area contributed by atoms with Crippen LogP contribution in [0, 0.1) is 6.92 Å². The van der Waals surface area contributed by atoms with E-state index in [-0.39, 0.29) is 18.9 Å². The number of aromatic nitrogens is 2. The predicted octanol–water partition coefficient (Wildman–Crippen LogP) is 4.34. The smallest absolute Gasteiger partial charge is 0.303 e. The number of benzene rings is 1. The number of halogens is 1. The van der Waals surface area contributed by atoms with E-state index in [0.717, 1.165) is 11.3 Å². The van der Waals surface area contributed by atoms with E-state index in [9.17, 15) is 4.79 Å². The minimum atomic E-state index is -0.887. The van der Waals surface area contributed by atoms with Gasteiger partial charge in [-0.2, -0.15) is 0 Å². The highest BCUT2D eigenvalue weighted by atomic mass is 35.5. The molecule has 3 rings (SSSR count). The third-order valence-corrected chi connectivity index (χ3v) is 4.12. The molecule has 0 aliphatic carbocycles. The first kappa shape index (κ1) is 17.2. The topological polar surface area (TPSA) is 85.5 Å². The fourth-order valence-corrected chi connectivity index (χ4v) is 2.66. The second-order valence-electron chi connectivity index (χ2n) is 5.82. The van der Waals surface area contributed by atoms with Gasteiger partial charge in [-0.05, 0) is 31.5 Å². The first-order valence-electron chi connectivity index (χ1n) is 7.83.